The van der Waals surface area contributed by atoms with Crippen molar-refractivity contribution in [3.05, 3.63) is 75.4 Å². The zero-order valence-electron chi connectivity index (χ0n) is 15.7. The number of nitriles is 1. The number of halogens is 1. The number of nitrogens with one attached hydrogen (secondary N) is 2. The molecule has 0 aliphatic carbocycles. The predicted octanol–water partition coefficient (Wildman–Crippen LogP) is 4.75. The van der Waals surface area contributed by atoms with Gasteiger partial charge in [0.25, 0.3) is 5.91 Å². The molecule has 0 atom stereocenters. The highest BCUT2D eigenvalue weighted by Crippen LogP contribution is 2.23. The summed E-state index contributed by atoms with van der Waals surface area (Å²) in [4.78, 5) is 12.5. The van der Waals surface area contributed by atoms with Crippen LogP contribution in [0.5, 0.6) is 0 Å². The fourth-order valence-electron chi connectivity index (χ4n) is 2.81. The number of para-hydroxylation sites is 1. The van der Waals surface area contributed by atoms with Crippen molar-refractivity contribution in [1.29, 1.82) is 5.26 Å². The number of anilines is 1. The Bertz CT molecular complexity index is 846. The van der Waals surface area contributed by atoms with Crippen LogP contribution in [0.3, 0.4) is 0 Å². The number of amides is 1. The summed E-state index contributed by atoms with van der Waals surface area (Å²) in [5.74, 6) is -0.388. The maximum absolute atomic E-state index is 12.5. The largest absolute Gasteiger partial charge is 0.389 e. The Balaban J connectivity index is 2.03. The molecule has 2 aromatic carbocycles. The molecule has 0 fully saturated rings. The number of hydrogen-bond acceptors (Lipinski definition) is 3. The van der Waals surface area contributed by atoms with Gasteiger partial charge < -0.3 is 10.6 Å². The first-order valence-electron chi connectivity index (χ1n) is 9.09. The minimum absolute atomic E-state index is 0.0649. The minimum atomic E-state index is -0.388. The van der Waals surface area contributed by atoms with Crippen LogP contribution in [-0.4, -0.2) is 12.5 Å². The summed E-state index contributed by atoms with van der Waals surface area (Å²) in [5.41, 5.74) is 4.20. The van der Waals surface area contributed by atoms with Crippen molar-refractivity contribution >= 4 is 27.5 Å². The average molecular weight is 426 g/mol. The first-order chi connectivity index (χ1) is 13.1. The monoisotopic (exact) mass is 425 g/mol. The molecule has 1 amide bonds. The molecule has 2 N–H and O–H groups in total. The van der Waals surface area contributed by atoms with E-state index in [0.29, 0.717) is 6.54 Å². The number of aryl methyl sites for hydroxylation is 2. The molecule has 2 rings (SSSR count). The van der Waals surface area contributed by atoms with Gasteiger partial charge in [0.2, 0.25) is 0 Å². The summed E-state index contributed by atoms with van der Waals surface area (Å²) in [7, 11) is 0. The number of benzene rings is 2. The summed E-state index contributed by atoms with van der Waals surface area (Å²) in [5, 5.41) is 15.4. The van der Waals surface area contributed by atoms with Gasteiger partial charge in [0, 0.05) is 22.9 Å². The van der Waals surface area contributed by atoms with E-state index >= 15 is 0 Å². The Morgan fingerprint density at radius 2 is 1.70 bits per heavy atom. The third kappa shape index (κ3) is 5.70. The molecule has 0 saturated carbocycles. The van der Waals surface area contributed by atoms with E-state index in [1.165, 1.54) is 11.8 Å². The fraction of sp³-hybridized carbons (Fsp3) is 0.273. The maximum Gasteiger partial charge on any atom is 0.267 e. The van der Waals surface area contributed by atoms with E-state index in [0.717, 1.165) is 40.5 Å². The van der Waals surface area contributed by atoms with Gasteiger partial charge in [-0.05, 0) is 42.0 Å². The molecule has 0 aliphatic heterocycles. The number of nitrogens with zero attached hydrogens (tertiary/aromatic N) is 1. The van der Waals surface area contributed by atoms with Crippen LogP contribution in [0.4, 0.5) is 5.69 Å². The Labute approximate surface area is 169 Å². The molecule has 0 saturated heterocycles. The number of carbonyl (C=O) groups is 1. The van der Waals surface area contributed by atoms with Gasteiger partial charge in [-0.3, -0.25) is 4.79 Å². The Morgan fingerprint density at radius 3 is 2.30 bits per heavy atom. The van der Waals surface area contributed by atoms with E-state index in [1.807, 2.05) is 48.5 Å². The van der Waals surface area contributed by atoms with Gasteiger partial charge in [0.1, 0.15) is 11.6 Å². The van der Waals surface area contributed by atoms with E-state index in [9.17, 15) is 10.1 Å². The second kappa shape index (κ2) is 10.5. The van der Waals surface area contributed by atoms with Crippen molar-refractivity contribution in [1.82, 2.24) is 5.32 Å². The molecule has 0 radical (unpaired) electrons. The van der Waals surface area contributed by atoms with Gasteiger partial charge in [-0.1, -0.05) is 66.2 Å². The van der Waals surface area contributed by atoms with Crippen molar-refractivity contribution in [2.45, 2.75) is 33.1 Å². The first kappa shape index (κ1) is 20.7. The van der Waals surface area contributed by atoms with Crippen molar-refractivity contribution < 1.29 is 4.79 Å². The normalized spacial score (nSPS) is 11.0. The maximum atomic E-state index is 12.5. The topological polar surface area (TPSA) is 64.9 Å². The van der Waals surface area contributed by atoms with Gasteiger partial charge in [0.05, 0.1) is 0 Å². The second-order valence-electron chi connectivity index (χ2n) is 6.08. The fourth-order valence-corrected chi connectivity index (χ4v) is 3.30. The molecule has 2 aromatic rings. The van der Waals surface area contributed by atoms with Crippen molar-refractivity contribution in [3.63, 3.8) is 0 Å². The molecule has 0 aromatic heterocycles. The van der Waals surface area contributed by atoms with Crippen LogP contribution in [0.1, 0.15) is 30.5 Å². The standard InChI is InChI=1S/C22H24BrN3O/c1-3-16-9-7-10-17(4-2)21(16)26-22(27)19(14-24)15-25-13-12-18-8-5-6-11-20(18)23/h5-11,15,25H,3-4,12-13H2,1-2H3,(H,26,27)/b19-15-. The quantitative estimate of drug-likeness (QED) is 0.364. The van der Waals surface area contributed by atoms with Gasteiger partial charge >= 0.3 is 0 Å². The highest BCUT2D eigenvalue weighted by molar-refractivity contribution is 9.10. The van der Waals surface area contributed by atoms with E-state index in [-0.39, 0.29) is 11.5 Å². The molecule has 0 heterocycles. The van der Waals surface area contributed by atoms with Crippen LogP contribution in [0.25, 0.3) is 0 Å². The molecular formula is C22H24BrN3O. The molecule has 0 spiro atoms. The minimum Gasteiger partial charge on any atom is -0.389 e. The smallest absolute Gasteiger partial charge is 0.267 e. The van der Waals surface area contributed by atoms with Crippen LogP contribution in [-0.2, 0) is 24.1 Å². The third-order valence-electron chi connectivity index (χ3n) is 4.35. The molecule has 0 unspecified atom stereocenters. The second-order valence-corrected chi connectivity index (χ2v) is 6.93. The predicted molar refractivity (Wildman–Crippen MR) is 113 cm³/mol. The Hall–Kier alpha value is -2.58. The summed E-state index contributed by atoms with van der Waals surface area (Å²) >= 11 is 3.52. The molecular weight excluding hydrogens is 402 g/mol. The van der Waals surface area contributed by atoms with Crippen LogP contribution in [0.15, 0.2) is 58.7 Å². The van der Waals surface area contributed by atoms with E-state index in [4.69, 9.17) is 0 Å². The summed E-state index contributed by atoms with van der Waals surface area (Å²) < 4.78 is 1.05. The van der Waals surface area contributed by atoms with Gasteiger partial charge in [-0.25, -0.2) is 0 Å². The Kier molecular flexibility index (Phi) is 8.09. The average Bonchev–Trinajstić information content (AvgIpc) is 2.69. The number of carbonyl (C=O) groups excluding carboxylic acids is 1. The highest BCUT2D eigenvalue weighted by Gasteiger charge is 2.13. The molecule has 0 bridgehead atoms. The molecule has 4 nitrogen and oxygen atoms in total. The Morgan fingerprint density at radius 1 is 1.07 bits per heavy atom. The van der Waals surface area contributed by atoms with Gasteiger partial charge in [-0.2, -0.15) is 5.26 Å². The third-order valence-corrected chi connectivity index (χ3v) is 5.12. The summed E-state index contributed by atoms with van der Waals surface area (Å²) in [6.45, 7) is 4.73. The van der Waals surface area contributed by atoms with E-state index in [2.05, 4.69) is 40.4 Å². The van der Waals surface area contributed by atoms with Crippen LogP contribution in [0, 0.1) is 11.3 Å². The van der Waals surface area contributed by atoms with Crippen LogP contribution >= 0.6 is 15.9 Å². The lowest BCUT2D eigenvalue weighted by atomic mass is 10.0. The zero-order valence-corrected chi connectivity index (χ0v) is 17.3. The number of rotatable bonds is 8. The van der Waals surface area contributed by atoms with Crippen LogP contribution < -0.4 is 10.6 Å². The molecule has 27 heavy (non-hydrogen) atoms. The first-order valence-corrected chi connectivity index (χ1v) is 9.89. The van der Waals surface area contributed by atoms with E-state index < -0.39 is 0 Å². The SMILES string of the molecule is CCc1cccc(CC)c1NC(=O)/C(C#N)=C\NCCc1ccccc1Br. The zero-order chi connectivity index (χ0) is 19.6. The van der Waals surface area contributed by atoms with Crippen molar-refractivity contribution in [2.75, 3.05) is 11.9 Å². The number of hydrogen-bond donors (Lipinski definition) is 2. The molecule has 0 aliphatic rings. The summed E-state index contributed by atoms with van der Waals surface area (Å²) in [6.07, 6.45) is 3.92. The van der Waals surface area contributed by atoms with Crippen molar-refractivity contribution in [3.8, 4) is 6.07 Å². The summed E-state index contributed by atoms with van der Waals surface area (Å²) in [6, 6.07) is 16.0. The van der Waals surface area contributed by atoms with Crippen LogP contribution in [0.2, 0.25) is 0 Å². The lowest BCUT2D eigenvalue weighted by Crippen LogP contribution is -2.19. The van der Waals surface area contributed by atoms with E-state index in [1.54, 1.807) is 0 Å². The lowest BCUT2D eigenvalue weighted by molar-refractivity contribution is -0.112. The molecule has 5 heteroatoms. The van der Waals surface area contributed by atoms with Gasteiger partial charge in [-0.15, -0.1) is 0 Å². The van der Waals surface area contributed by atoms with Crippen molar-refractivity contribution in [2.24, 2.45) is 0 Å². The lowest BCUT2D eigenvalue weighted by Gasteiger charge is -2.14. The highest BCUT2D eigenvalue weighted by atomic mass is 79.9. The van der Waals surface area contributed by atoms with Gasteiger partial charge in [0.15, 0.2) is 0 Å². The molecule has 140 valence electrons.